The fourth-order valence-electron chi connectivity index (χ4n) is 7.10. The van der Waals surface area contributed by atoms with Crippen LogP contribution in [0, 0.1) is 17.3 Å². The highest BCUT2D eigenvalue weighted by molar-refractivity contribution is 5.89. The highest BCUT2D eigenvalue weighted by Crippen LogP contribution is 2.42. The summed E-state index contributed by atoms with van der Waals surface area (Å²) < 4.78 is 18.4. The standard InChI is InChI=1S/C34H48N4O6/c1-7-42-23-15-16-24-26(18-23)36-30-25(35-24)14-10-8-9-12-22-13-11-17-34(22,6)44-32(41)37-29(33(3,4)5)31(40)38-19-28(43-30)21(2)27(38)20-39/h15-16,18,20-22,27-29H,7-14,17,19H2,1-6H3,(H,37,41)/t21-,22+,27+,28-,29+,34+/m0/s1. The first-order valence-electron chi connectivity index (χ1n) is 16.3. The smallest absolute Gasteiger partial charge is 0.408 e. The minimum Gasteiger partial charge on any atom is -0.494 e. The maximum atomic E-state index is 14.1. The summed E-state index contributed by atoms with van der Waals surface area (Å²) >= 11 is 0. The van der Waals surface area contributed by atoms with Gasteiger partial charge in [-0.25, -0.2) is 14.8 Å². The molecule has 0 radical (unpaired) electrons. The molecule has 2 fully saturated rings. The van der Waals surface area contributed by atoms with Gasteiger partial charge in [0.25, 0.3) is 0 Å². The topological polar surface area (TPSA) is 120 Å². The Morgan fingerprint density at radius 1 is 1.11 bits per heavy atom. The summed E-state index contributed by atoms with van der Waals surface area (Å²) in [6, 6.07) is 4.08. The Balaban J connectivity index is 1.51. The van der Waals surface area contributed by atoms with E-state index in [2.05, 4.69) is 5.32 Å². The minimum absolute atomic E-state index is 0.185. The van der Waals surface area contributed by atoms with Crippen molar-refractivity contribution in [3.8, 4) is 11.6 Å². The van der Waals surface area contributed by atoms with Crippen molar-refractivity contribution in [2.45, 2.75) is 117 Å². The van der Waals surface area contributed by atoms with Crippen molar-refractivity contribution in [2.75, 3.05) is 13.2 Å². The average molecular weight is 609 g/mol. The summed E-state index contributed by atoms with van der Waals surface area (Å²) in [5.41, 5.74) is 1.00. The van der Waals surface area contributed by atoms with E-state index < -0.39 is 35.3 Å². The predicted molar refractivity (Wildman–Crippen MR) is 167 cm³/mol. The minimum atomic E-state index is -0.890. The summed E-state index contributed by atoms with van der Waals surface area (Å²) in [4.78, 5) is 51.3. The zero-order chi connectivity index (χ0) is 31.6. The molecule has 1 saturated heterocycles. The van der Waals surface area contributed by atoms with Crippen LogP contribution in [0.1, 0.15) is 92.2 Å². The van der Waals surface area contributed by atoms with Gasteiger partial charge in [-0.05, 0) is 75.8 Å². The van der Waals surface area contributed by atoms with E-state index in [0.29, 0.717) is 30.2 Å². The van der Waals surface area contributed by atoms with Crippen LogP contribution in [0.3, 0.4) is 0 Å². The van der Waals surface area contributed by atoms with Gasteiger partial charge in [-0.15, -0.1) is 0 Å². The molecule has 44 heavy (non-hydrogen) atoms. The van der Waals surface area contributed by atoms with Crippen molar-refractivity contribution in [1.82, 2.24) is 20.2 Å². The zero-order valence-corrected chi connectivity index (χ0v) is 27.1. The SMILES string of the molecule is CCOc1ccc2nc3c(nc2c1)O[C@H]1CN(C(=O)[C@H](C(C)(C)C)NC(=O)O[C@]2(C)CCC[C@H]2CCCCC3)[C@H](C=O)[C@@H]1C. The van der Waals surface area contributed by atoms with Crippen molar-refractivity contribution in [1.29, 1.82) is 0 Å². The third-order valence-corrected chi connectivity index (χ3v) is 9.79. The summed E-state index contributed by atoms with van der Waals surface area (Å²) in [6.45, 7) is 12.3. The Morgan fingerprint density at radius 2 is 1.89 bits per heavy atom. The molecule has 2 aliphatic heterocycles. The van der Waals surface area contributed by atoms with E-state index in [-0.39, 0.29) is 24.3 Å². The number of nitrogens with one attached hydrogen (secondary N) is 1. The molecule has 1 aliphatic carbocycles. The molecular formula is C34H48N4O6. The lowest BCUT2D eigenvalue weighted by Crippen LogP contribution is -2.57. The van der Waals surface area contributed by atoms with Gasteiger partial charge in [0.2, 0.25) is 11.8 Å². The number of nitrogens with zero attached hydrogens (tertiary/aromatic N) is 3. The molecule has 2 amide bonds. The summed E-state index contributed by atoms with van der Waals surface area (Å²) in [7, 11) is 0. The number of aldehydes is 1. The number of amides is 2. The Morgan fingerprint density at radius 3 is 2.61 bits per heavy atom. The number of hydrogen-bond acceptors (Lipinski definition) is 8. The van der Waals surface area contributed by atoms with Crippen molar-refractivity contribution in [3.05, 3.63) is 23.9 Å². The van der Waals surface area contributed by atoms with Gasteiger partial charge in [0.05, 0.1) is 30.2 Å². The quantitative estimate of drug-likeness (QED) is 0.445. The van der Waals surface area contributed by atoms with Crippen molar-refractivity contribution in [3.63, 3.8) is 0 Å². The molecule has 5 rings (SSSR count). The number of hydrogen-bond donors (Lipinski definition) is 1. The highest BCUT2D eigenvalue weighted by Gasteiger charge is 2.48. The molecular weight excluding hydrogens is 560 g/mol. The van der Waals surface area contributed by atoms with Crippen molar-refractivity contribution in [2.24, 2.45) is 17.3 Å². The maximum Gasteiger partial charge on any atom is 0.408 e. The molecule has 2 aromatic rings. The second-order valence-corrected chi connectivity index (χ2v) is 14.0. The Labute approximate surface area is 260 Å². The van der Waals surface area contributed by atoms with Gasteiger partial charge >= 0.3 is 6.09 Å². The molecule has 10 nitrogen and oxygen atoms in total. The molecule has 3 heterocycles. The lowest BCUT2D eigenvalue weighted by Gasteiger charge is -2.37. The monoisotopic (exact) mass is 608 g/mol. The first-order valence-corrected chi connectivity index (χ1v) is 16.3. The highest BCUT2D eigenvalue weighted by atomic mass is 16.6. The number of ether oxygens (including phenoxy) is 3. The van der Waals surface area contributed by atoms with Crippen LogP contribution in [-0.2, 0) is 20.7 Å². The van der Waals surface area contributed by atoms with Crippen molar-refractivity contribution >= 4 is 29.3 Å². The second kappa shape index (κ2) is 12.9. The average Bonchev–Trinajstić information content (AvgIpc) is 3.48. The molecule has 2 bridgehead atoms. The van der Waals surface area contributed by atoms with Crippen LogP contribution in [0.5, 0.6) is 11.6 Å². The van der Waals surface area contributed by atoms with Crippen LogP contribution in [-0.4, -0.2) is 70.1 Å². The van der Waals surface area contributed by atoms with Crippen LogP contribution in [0.4, 0.5) is 4.79 Å². The van der Waals surface area contributed by atoms with Gasteiger partial charge in [-0.3, -0.25) is 4.79 Å². The molecule has 240 valence electrons. The number of benzene rings is 1. The summed E-state index contributed by atoms with van der Waals surface area (Å²) in [6.07, 6.45) is 7.13. The second-order valence-electron chi connectivity index (χ2n) is 14.0. The van der Waals surface area contributed by atoms with Crippen LogP contribution in [0.15, 0.2) is 18.2 Å². The number of aryl methyl sites for hydroxylation is 1. The number of carbonyl (C=O) groups is 3. The molecule has 0 unspecified atom stereocenters. The van der Waals surface area contributed by atoms with Gasteiger partial charge in [-0.1, -0.05) is 40.5 Å². The van der Waals surface area contributed by atoms with E-state index in [1.54, 1.807) is 4.90 Å². The molecule has 0 spiro atoms. The van der Waals surface area contributed by atoms with E-state index in [1.165, 1.54) is 0 Å². The first-order chi connectivity index (χ1) is 20.9. The van der Waals surface area contributed by atoms with E-state index in [9.17, 15) is 14.4 Å². The third kappa shape index (κ3) is 6.64. The van der Waals surface area contributed by atoms with Crippen molar-refractivity contribution < 1.29 is 28.6 Å². The number of fused-ring (bicyclic) bond motifs is 5. The Bertz CT molecular complexity index is 1380. The molecule has 1 N–H and O–H groups in total. The molecule has 1 aromatic carbocycles. The number of aromatic nitrogens is 2. The number of alkyl carbamates (subject to hydrolysis) is 1. The predicted octanol–water partition coefficient (Wildman–Crippen LogP) is 5.64. The van der Waals surface area contributed by atoms with Gasteiger partial charge in [0.15, 0.2) is 0 Å². The first kappa shape index (κ1) is 32.0. The lowest BCUT2D eigenvalue weighted by atomic mass is 9.85. The maximum absolute atomic E-state index is 14.1. The van der Waals surface area contributed by atoms with Gasteiger partial charge in [-0.2, -0.15) is 0 Å². The van der Waals surface area contributed by atoms with Gasteiger partial charge in [0.1, 0.15) is 35.5 Å². The molecule has 1 saturated carbocycles. The molecule has 6 atom stereocenters. The molecule has 1 aromatic heterocycles. The Hall–Kier alpha value is -3.43. The number of rotatable bonds is 3. The van der Waals surface area contributed by atoms with E-state index in [4.69, 9.17) is 24.2 Å². The van der Waals surface area contributed by atoms with E-state index in [1.807, 2.05) is 59.7 Å². The van der Waals surface area contributed by atoms with Crippen LogP contribution in [0.25, 0.3) is 11.0 Å². The van der Waals surface area contributed by atoms with Crippen LogP contribution < -0.4 is 14.8 Å². The van der Waals surface area contributed by atoms with Gasteiger partial charge in [0, 0.05) is 12.0 Å². The largest absolute Gasteiger partial charge is 0.494 e. The zero-order valence-electron chi connectivity index (χ0n) is 27.1. The summed E-state index contributed by atoms with van der Waals surface area (Å²) in [5, 5.41) is 2.90. The van der Waals surface area contributed by atoms with E-state index in [0.717, 1.165) is 62.4 Å². The molecule has 10 heteroatoms. The van der Waals surface area contributed by atoms with E-state index >= 15 is 0 Å². The van der Waals surface area contributed by atoms with Crippen LogP contribution in [0.2, 0.25) is 0 Å². The number of carbonyl (C=O) groups excluding carboxylic acids is 3. The fraction of sp³-hybridized carbons (Fsp3) is 0.676. The van der Waals surface area contributed by atoms with Gasteiger partial charge < -0.3 is 29.2 Å². The normalized spacial score (nSPS) is 30.3. The molecule has 3 aliphatic rings. The lowest BCUT2D eigenvalue weighted by molar-refractivity contribution is -0.139. The van der Waals surface area contributed by atoms with Crippen LogP contribution >= 0.6 is 0 Å². The third-order valence-electron chi connectivity index (χ3n) is 9.79. The fourth-order valence-corrected chi connectivity index (χ4v) is 7.10. The Kier molecular flexibility index (Phi) is 9.37. The summed E-state index contributed by atoms with van der Waals surface area (Å²) in [5.74, 6) is 0.767.